The van der Waals surface area contributed by atoms with Crippen molar-refractivity contribution in [3.05, 3.63) is 41.3 Å². The molecule has 2 aromatic heterocycles. The van der Waals surface area contributed by atoms with Crippen LogP contribution in [-0.4, -0.2) is 73.8 Å². The van der Waals surface area contributed by atoms with E-state index in [-0.39, 0.29) is 41.8 Å². The van der Waals surface area contributed by atoms with Gasteiger partial charge in [0.2, 0.25) is 11.8 Å². The van der Waals surface area contributed by atoms with Gasteiger partial charge < -0.3 is 15.0 Å². The lowest BCUT2D eigenvalue weighted by atomic mass is 9.93. The molecule has 4 amide bonds. The van der Waals surface area contributed by atoms with Crippen molar-refractivity contribution >= 4 is 34.5 Å². The molecule has 3 aromatic rings. The van der Waals surface area contributed by atoms with Gasteiger partial charge in [-0.1, -0.05) is 12.1 Å². The van der Waals surface area contributed by atoms with Crippen LogP contribution in [0.25, 0.3) is 10.9 Å². The van der Waals surface area contributed by atoms with Crippen LogP contribution in [0.4, 0.5) is 0 Å². The zero-order chi connectivity index (χ0) is 25.7. The number of fused-ring (bicyclic) bond motifs is 2. The van der Waals surface area contributed by atoms with Gasteiger partial charge in [0.15, 0.2) is 5.69 Å². The first-order chi connectivity index (χ1) is 17.9. The van der Waals surface area contributed by atoms with Gasteiger partial charge in [-0.05, 0) is 12.5 Å². The quantitative estimate of drug-likeness (QED) is 0.498. The molecule has 0 aliphatic carbocycles. The number of para-hydroxylation sites is 1. The number of benzene rings is 1. The number of hydrogen-bond acceptors (Lipinski definition) is 7. The number of carbonyl (C=O) groups is 4. The van der Waals surface area contributed by atoms with Gasteiger partial charge in [0.05, 0.1) is 18.2 Å². The van der Waals surface area contributed by atoms with Crippen molar-refractivity contribution in [2.75, 3.05) is 19.6 Å². The summed E-state index contributed by atoms with van der Waals surface area (Å²) in [5.41, 5.74) is 2.13. The van der Waals surface area contributed by atoms with E-state index in [4.69, 9.17) is 4.74 Å². The highest BCUT2D eigenvalue weighted by atomic mass is 16.5. The van der Waals surface area contributed by atoms with Crippen LogP contribution in [0.2, 0.25) is 0 Å². The summed E-state index contributed by atoms with van der Waals surface area (Å²) in [7, 11) is 1.82. The number of likely N-dealkylation sites (tertiary alicyclic amines) is 1. The van der Waals surface area contributed by atoms with Crippen LogP contribution in [0.1, 0.15) is 58.3 Å². The first kappa shape index (κ1) is 23.2. The fraction of sp³-hybridized carbons (Fsp3) is 0.440. The molecule has 1 unspecified atom stereocenters. The van der Waals surface area contributed by atoms with E-state index >= 15 is 0 Å². The highest BCUT2D eigenvalue weighted by molar-refractivity contribution is 6.03. The normalized spacial score (nSPS) is 20.5. The van der Waals surface area contributed by atoms with Crippen molar-refractivity contribution in [1.82, 2.24) is 35.1 Å². The van der Waals surface area contributed by atoms with E-state index in [1.54, 1.807) is 20.3 Å². The molecule has 12 nitrogen and oxygen atoms in total. The Hall–Kier alpha value is -4.22. The monoisotopic (exact) mass is 505 g/mol. The molecule has 0 saturated carbocycles. The summed E-state index contributed by atoms with van der Waals surface area (Å²) in [6, 6.07) is 7.24. The Bertz CT molecular complexity index is 1430. The van der Waals surface area contributed by atoms with Gasteiger partial charge in [-0.15, -0.1) is 0 Å². The zero-order valence-electron chi connectivity index (χ0n) is 20.4. The molecule has 192 valence electrons. The van der Waals surface area contributed by atoms with Gasteiger partial charge in [-0.2, -0.15) is 10.2 Å². The fourth-order valence-corrected chi connectivity index (χ4v) is 5.39. The Balaban J connectivity index is 1.15. The van der Waals surface area contributed by atoms with Gasteiger partial charge in [0, 0.05) is 57.4 Å². The maximum atomic E-state index is 13.0. The Kier molecular flexibility index (Phi) is 5.65. The maximum Gasteiger partial charge on any atom is 0.274 e. The van der Waals surface area contributed by atoms with Gasteiger partial charge in [-0.3, -0.25) is 33.9 Å². The maximum absolute atomic E-state index is 13.0. The summed E-state index contributed by atoms with van der Waals surface area (Å²) in [5.74, 6) is -0.785. The minimum absolute atomic E-state index is 0.0930. The van der Waals surface area contributed by atoms with Crippen LogP contribution < -0.4 is 15.4 Å². The van der Waals surface area contributed by atoms with Gasteiger partial charge >= 0.3 is 0 Å². The molecule has 5 heterocycles. The van der Waals surface area contributed by atoms with Crippen molar-refractivity contribution in [3.63, 3.8) is 0 Å². The topological polar surface area (TPSA) is 140 Å². The van der Waals surface area contributed by atoms with E-state index in [0.717, 1.165) is 10.9 Å². The number of aryl methyl sites for hydroxylation is 1. The van der Waals surface area contributed by atoms with Crippen molar-refractivity contribution < 1.29 is 23.9 Å². The zero-order valence-corrected chi connectivity index (χ0v) is 20.4. The molecule has 1 atom stereocenters. The van der Waals surface area contributed by atoms with E-state index < -0.39 is 5.92 Å². The average Bonchev–Trinajstić information content (AvgIpc) is 3.47. The molecule has 2 saturated heterocycles. The first-order valence-corrected chi connectivity index (χ1v) is 12.5. The Morgan fingerprint density at radius 1 is 1.08 bits per heavy atom. The number of rotatable bonds is 4. The molecule has 0 spiro atoms. The molecule has 1 aromatic carbocycles. The SMILES string of the molecule is Cn1nc(C2CCC(=O)NC2=O)c2cccc(OC3CCN(C(=O)c4cc5n(n4)CCNC5=O)CC3)c21. The van der Waals surface area contributed by atoms with E-state index in [1.165, 1.54) is 0 Å². The van der Waals surface area contributed by atoms with E-state index in [0.29, 0.717) is 62.6 Å². The number of amides is 4. The largest absolute Gasteiger partial charge is 0.488 e. The molecule has 0 bridgehead atoms. The lowest BCUT2D eigenvalue weighted by Gasteiger charge is -2.32. The highest BCUT2D eigenvalue weighted by Crippen LogP contribution is 2.35. The van der Waals surface area contributed by atoms with Crippen LogP contribution in [0, 0.1) is 0 Å². The van der Waals surface area contributed by atoms with Crippen LogP contribution in [-0.2, 0) is 23.2 Å². The number of carbonyl (C=O) groups excluding carboxylic acids is 4. The second-order valence-corrected chi connectivity index (χ2v) is 9.67. The summed E-state index contributed by atoms with van der Waals surface area (Å²) >= 11 is 0. The van der Waals surface area contributed by atoms with E-state index in [2.05, 4.69) is 20.8 Å². The van der Waals surface area contributed by atoms with Crippen LogP contribution in [0.15, 0.2) is 24.3 Å². The number of nitrogens with one attached hydrogen (secondary N) is 2. The minimum atomic E-state index is -0.481. The predicted octanol–water partition coefficient (Wildman–Crippen LogP) is 0.717. The molecule has 3 aliphatic rings. The second kappa shape index (κ2) is 9.02. The number of hydrogen-bond donors (Lipinski definition) is 2. The molecule has 3 aliphatic heterocycles. The minimum Gasteiger partial charge on any atom is -0.488 e. The molecule has 2 fully saturated rings. The number of nitrogens with zero attached hydrogens (tertiary/aromatic N) is 5. The molecule has 6 rings (SSSR count). The smallest absolute Gasteiger partial charge is 0.274 e. The summed E-state index contributed by atoms with van der Waals surface area (Å²) < 4.78 is 9.69. The highest BCUT2D eigenvalue weighted by Gasteiger charge is 2.33. The second-order valence-electron chi connectivity index (χ2n) is 9.67. The fourth-order valence-electron chi connectivity index (χ4n) is 5.39. The lowest BCUT2D eigenvalue weighted by molar-refractivity contribution is -0.134. The summed E-state index contributed by atoms with van der Waals surface area (Å²) in [4.78, 5) is 50.8. The molecule has 0 radical (unpaired) electrons. The Morgan fingerprint density at radius 3 is 2.65 bits per heavy atom. The molecule has 12 heteroatoms. The third-order valence-corrected chi connectivity index (χ3v) is 7.29. The molecule has 37 heavy (non-hydrogen) atoms. The summed E-state index contributed by atoms with van der Waals surface area (Å²) in [6.07, 6.45) is 1.92. The molecule has 2 N–H and O–H groups in total. The summed E-state index contributed by atoms with van der Waals surface area (Å²) in [5, 5.41) is 14.9. The van der Waals surface area contributed by atoms with Gasteiger partial charge in [0.1, 0.15) is 23.1 Å². The van der Waals surface area contributed by atoms with Crippen LogP contribution in [0.5, 0.6) is 5.75 Å². The standard InChI is InChI=1S/C25H27N7O5/c1-30-22-15(21(29-30)16-5-6-20(33)27-23(16)34)3-2-4-19(22)37-14-7-10-31(11-8-14)25(36)17-13-18-24(35)26-9-12-32(18)28-17/h2-4,13-14,16H,5-12H2,1H3,(H,26,35)(H,27,33,34). The van der Waals surface area contributed by atoms with Crippen LogP contribution >= 0.6 is 0 Å². The van der Waals surface area contributed by atoms with Gasteiger partial charge in [-0.25, -0.2) is 0 Å². The summed E-state index contributed by atoms with van der Waals surface area (Å²) in [6.45, 7) is 2.08. The predicted molar refractivity (Wildman–Crippen MR) is 130 cm³/mol. The number of aromatic nitrogens is 4. The Morgan fingerprint density at radius 2 is 1.89 bits per heavy atom. The van der Waals surface area contributed by atoms with Gasteiger partial charge in [0.25, 0.3) is 11.8 Å². The van der Waals surface area contributed by atoms with Crippen molar-refractivity contribution in [1.29, 1.82) is 0 Å². The lowest BCUT2D eigenvalue weighted by Crippen LogP contribution is -2.42. The third-order valence-electron chi connectivity index (χ3n) is 7.29. The van der Waals surface area contributed by atoms with Crippen molar-refractivity contribution in [2.24, 2.45) is 7.05 Å². The van der Waals surface area contributed by atoms with Crippen molar-refractivity contribution in [2.45, 2.75) is 44.2 Å². The van der Waals surface area contributed by atoms with E-state index in [9.17, 15) is 19.2 Å². The number of piperidine rings is 2. The average molecular weight is 506 g/mol. The number of ether oxygens (including phenoxy) is 1. The van der Waals surface area contributed by atoms with Crippen molar-refractivity contribution in [3.8, 4) is 5.75 Å². The number of imide groups is 1. The molecular weight excluding hydrogens is 478 g/mol. The Labute approximate surface area is 211 Å². The van der Waals surface area contributed by atoms with Crippen LogP contribution in [0.3, 0.4) is 0 Å². The molecular formula is C25H27N7O5. The van der Waals surface area contributed by atoms with E-state index in [1.807, 2.05) is 25.2 Å². The third kappa shape index (κ3) is 4.11. The first-order valence-electron chi connectivity index (χ1n) is 12.5.